The number of benzene rings is 1. The second-order valence-corrected chi connectivity index (χ2v) is 7.93. The lowest BCUT2D eigenvalue weighted by Crippen LogP contribution is -2.40. The largest absolute Gasteiger partial charge is 0.353 e. The van der Waals surface area contributed by atoms with Crippen molar-refractivity contribution in [1.82, 2.24) is 14.9 Å². The Morgan fingerprint density at radius 1 is 1.26 bits per heavy atom. The van der Waals surface area contributed by atoms with E-state index in [1.807, 2.05) is 30.3 Å². The smallest absolute Gasteiger partial charge is 0.239 e. The second kappa shape index (κ2) is 8.32. The van der Waals surface area contributed by atoms with E-state index in [0.717, 1.165) is 5.56 Å². The maximum atomic E-state index is 11.9. The lowest BCUT2D eigenvalue weighted by Gasteiger charge is -2.14. The molecule has 0 atom stereocenters. The van der Waals surface area contributed by atoms with Crippen molar-refractivity contribution in [3.05, 3.63) is 35.9 Å². The predicted octanol–water partition coefficient (Wildman–Crippen LogP) is -0.245. The van der Waals surface area contributed by atoms with Crippen LogP contribution in [0.5, 0.6) is 0 Å². The third-order valence-electron chi connectivity index (χ3n) is 3.19. The monoisotopic (exact) mass is 357 g/mol. The molecule has 1 aliphatic rings. The molecule has 2 N–H and O–H groups in total. The van der Waals surface area contributed by atoms with Crippen LogP contribution in [0.1, 0.15) is 5.56 Å². The minimum absolute atomic E-state index is 0.0120. The lowest BCUT2D eigenvalue weighted by molar-refractivity contribution is -0.132. The Balaban J connectivity index is 1.67. The highest BCUT2D eigenvalue weighted by molar-refractivity contribution is 8.00. The maximum absolute atomic E-state index is 11.9. The number of carbonyl (C=O) groups excluding carboxylic acids is 2. The number of rotatable bonds is 8. The highest BCUT2D eigenvalue weighted by Gasteiger charge is 2.22. The molecule has 0 aromatic heterocycles. The molecule has 7 nitrogen and oxygen atoms in total. The van der Waals surface area contributed by atoms with Crippen molar-refractivity contribution in [2.24, 2.45) is 0 Å². The molecule has 0 bridgehead atoms. The van der Waals surface area contributed by atoms with Gasteiger partial charge in [-0.05, 0) is 5.56 Å². The van der Waals surface area contributed by atoms with Crippen molar-refractivity contribution in [2.45, 2.75) is 6.54 Å². The number of nitrogens with one attached hydrogen (secondary N) is 2. The normalized spacial score (nSPS) is 15.0. The topological polar surface area (TPSA) is 95.6 Å². The van der Waals surface area contributed by atoms with E-state index >= 15 is 0 Å². The molecule has 2 amide bonds. The summed E-state index contributed by atoms with van der Waals surface area (Å²) in [6.45, 7) is 0.206. The van der Waals surface area contributed by atoms with Crippen LogP contribution >= 0.6 is 11.8 Å². The molecular weight excluding hydrogens is 338 g/mol. The van der Waals surface area contributed by atoms with Crippen LogP contribution < -0.4 is 10.0 Å². The number of nitrogens with zero attached hydrogens (tertiary/aromatic N) is 1. The van der Waals surface area contributed by atoms with Gasteiger partial charge in [-0.2, -0.15) is 0 Å². The first kappa shape index (κ1) is 17.8. The van der Waals surface area contributed by atoms with E-state index in [4.69, 9.17) is 0 Å². The zero-order chi connectivity index (χ0) is 16.7. The van der Waals surface area contributed by atoms with E-state index in [1.54, 1.807) is 0 Å². The quantitative estimate of drug-likeness (QED) is 0.669. The minimum Gasteiger partial charge on any atom is -0.353 e. The standard InChI is InChI=1S/C14H19N3O4S2/c18-13(9-17-11-22-10-14(17)19)15-6-7-23(20,21)16-8-12-4-2-1-3-5-12/h1-5,16H,6-11H2,(H,15,18). The van der Waals surface area contributed by atoms with E-state index in [-0.39, 0.29) is 37.2 Å². The summed E-state index contributed by atoms with van der Waals surface area (Å²) in [4.78, 5) is 24.5. The van der Waals surface area contributed by atoms with E-state index in [9.17, 15) is 18.0 Å². The van der Waals surface area contributed by atoms with Crippen molar-refractivity contribution >= 4 is 33.6 Å². The molecule has 0 unspecified atom stereocenters. The zero-order valence-electron chi connectivity index (χ0n) is 12.5. The average Bonchev–Trinajstić information content (AvgIpc) is 2.91. The van der Waals surface area contributed by atoms with Crippen LogP contribution in [-0.2, 0) is 26.2 Å². The molecule has 0 radical (unpaired) electrons. The summed E-state index contributed by atoms with van der Waals surface area (Å²) in [5.74, 6) is 0.282. The van der Waals surface area contributed by atoms with Gasteiger partial charge in [0.2, 0.25) is 21.8 Å². The van der Waals surface area contributed by atoms with Gasteiger partial charge in [-0.3, -0.25) is 9.59 Å². The first-order valence-corrected chi connectivity index (χ1v) is 9.90. The summed E-state index contributed by atoms with van der Waals surface area (Å²) in [5, 5.41) is 2.52. The molecule has 23 heavy (non-hydrogen) atoms. The summed E-state index contributed by atoms with van der Waals surface area (Å²) in [6, 6.07) is 9.19. The van der Waals surface area contributed by atoms with Crippen LogP contribution in [0, 0.1) is 0 Å². The number of hydrogen-bond acceptors (Lipinski definition) is 5. The molecular formula is C14H19N3O4S2. The highest BCUT2D eigenvalue weighted by atomic mass is 32.2. The highest BCUT2D eigenvalue weighted by Crippen LogP contribution is 2.13. The maximum Gasteiger partial charge on any atom is 0.239 e. The summed E-state index contributed by atoms with van der Waals surface area (Å²) in [5.41, 5.74) is 0.866. The first-order chi connectivity index (χ1) is 11.0. The van der Waals surface area contributed by atoms with Gasteiger partial charge in [0.05, 0.1) is 17.4 Å². The lowest BCUT2D eigenvalue weighted by atomic mass is 10.2. The van der Waals surface area contributed by atoms with Crippen LogP contribution in [0.25, 0.3) is 0 Å². The van der Waals surface area contributed by atoms with Crippen molar-refractivity contribution in [2.75, 3.05) is 30.5 Å². The van der Waals surface area contributed by atoms with Gasteiger partial charge in [0.1, 0.15) is 6.54 Å². The van der Waals surface area contributed by atoms with Gasteiger partial charge < -0.3 is 10.2 Å². The fraction of sp³-hybridized carbons (Fsp3) is 0.429. The number of sulfonamides is 1. The zero-order valence-corrected chi connectivity index (χ0v) is 14.2. The van der Waals surface area contributed by atoms with Gasteiger partial charge in [0.15, 0.2) is 0 Å². The Kier molecular flexibility index (Phi) is 6.43. The second-order valence-electron chi connectivity index (χ2n) is 5.04. The number of amides is 2. The van der Waals surface area contributed by atoms with E-state index in [0.29, 0.717) is 11.6 Å². The molecule has 0 saturated carbocycles. The van der Waals surface area contributed by atoms with Crippen LogP contribution in [0.3, 0.4) is 0 Å². The first-order valence-electron chi connectivity index (χ1n) is 7.10. The Morgan fingerprint density at radius 2 is 2.00 bits per heavy atom. The van der Waals surface area contributed by atoms with Crippen molar-refractivity contribution in [3.63, 3.8) is 0 Å². The van der Waals surface area contributed by atoms with Gasteiger partial charge in [-0.1, -0.05) is 30.3 Å². The van der Waals surface area contributed by atoms with Gasteiger partial charge in [0.25, 0.3) is 0 Å². The molecule has 1 aliphatic heterocycles. The number of carbonyl (C=O) groups is 2. The molecule has 1 aromatic carbocycles. The molecule has 2 rings (SSSR count). The number of thioether (sulfide) groups is 1. The molecule has 126 valence electrons. The summed E-state index contributed by atoms with van der Waals surface area (Å²) >= 11 is 1.46. The molecule has 1 saturated heterocycles. The molecule has 1 heterocycles. The molecule has 1 fully saturated rings. The van der Waals surface area contributed by atoms with E-state index < -0.39 is 10.0 Å². The van der Waals surface area contributed by atoms with Gasteiger partial charge in [-0.15, -0.1) is 11.8 Å². The predicted molar refractivity (Wildman–Crippen MR) is 89.1 cm³/mol. The van der Waals surface area contributed by atoms with Gasteiger partial charge in [0, 0.05) is 13.1 Å². The average molecular weight is 357 g/mol. The third kappa shape index (κ3) is 6.20. The summed E-state index contributed by atoms with van der Waals surface area (Å²) in [7, 11) is -3.46. The van der Waals surface area contributed by atoms with E-state index in [1.165, 1.54) is 16.7 Å². The Labute approximate surface area is 139 Å². The van der Waals surface area contributed by atoms with Crippen LogP contribution in [0.15, 0.2) is 30.3 Å². The van der Waals surface area contributed by atoms with Crippen LogP contribution in [0.4, 0.5) is 0 Å². The van der Waals surface area contributed by atoms with Crippen LogP contribution in [0.2, 0.25) is 0 Å². The fourth-order valence-electron chi connectivity index (χ4n) is 1.96. The molecule has 0 aliphatic carbocycles. The minimum atomic E-state index is -3.46. The van der Waals surface area contributed by atoms with Crippen LogP contribution in [-0.4, -0.2) is 55.6 Å². The van der Waals surface area contributed by atoms with Gasteiger partial charge >= 0.3 is 0 Å². The number of hydrogen-bond donors (Lipinski definition) is 2. The Hall–Kier alpha value is -1.58. The SMILES string of the molecule is O=C(CN1CSCC1=O)NCCS(=O)(=O)NCc1ccccc1. The Bertz CT molecular complexity index is 649. The third-order valence-corrected chi connectivity index (χ3v) is 5.46. The van der Waals surface area contributed by atoms with Crippen molar-refractivity contribution in [3.8, 4) is 0 Å². The van der Waals surface area contributed by atoms with E-state index in [2.05, 4.69) is 10.0 Å². The summed E-state index contributed by atoms with van der Waals surface area (Å²) < 4.78 is 26.2. The fourth-order valence-corrected chi connectivity index (χ4v) is 3.76. The van der Waals surface area contributed by atoms with Gasteiger partial charge in [-0.25, -0.2) is 13.1 Å². The summed E-state index contributed by atoms with van der Waals surface area (Å²) in [6.07, 6.45) is 0. The molecule has 1 aromatic rings. The van der Waals surface area contributed by atoms with Crippen molar-refractivity contribution < 1.29 is 18.0 Å². The molecule has 9 heteroatoms. The molecule has 0 spiro atoms. The Morgan fingerprint density at radius 3 is 2.65 bits per heavy atom. The van der Waals surface area contributed by atoms with Crippen molar-refractivity contribution in [1.29, 1.82) is 0 Å².